The van der Waals surface area contributed by atoms with Crippen LogP contribution in [0.5, 0.6) is 0 Å². The third-order valence-electron chi connectivity index (χ3n) is 4.99. The van der Waals surface area contributed by atoms with Crippen LogP contribution >= 0.6 is 0 Å². The highest BCUT2D eigenvalue weighted by molar-refractivity contribution is 5.41. The molecule has 0 aromatic heterocycles. The lowest BCUT2D eigenvalue weighted by atomic mass is 9.72. The first-order valence-corrected chi connectivity index (χ1v) is 7.85. The molecule has 2 heteroatoms. The minimum Gasteiger partial charge on any atom is -0.373 e. The number of ether oxygens (including phenoxy) is 1. The molecule has 0 saturated carbocycles. The maximum atomic E-state index is 6.50. The maximum Gasteiger partial charge on any atom is 0.0842 e. The first kappa shape index (κ1) is 13.1. The van der Waals surface area contributed by atoms with Crippen LogP contribution in [0.25, 0.3) is 0 Å². The lowest BCUT2D eigenvalue weighted by Crippen LogP contribution is -2.37. The van der Waals surface area contributed by atoms with Crippen molar-refractivity contribution in [3.63, 3.8) is 0 Å². The average Bonchev–Trinajstić information content (AvgIpc) is 2.49. The van der Waals surface area contributed by atoms with Crippen molar-refractivity contribution in [1.82, 2.24) is 0 Å². The normalized spacial score (nSPS) is 24.6. The topological polar surface area (TPSA) is 35.2 Å². The Kier molecular flexibility index (Phi) is 3.28. The highest BCUT2D eigenvalue weighted by Gasteiger charge is 2.33. The summed E-state index contributed by atoms with van der Waals surface area (Å²) in [5, 5.41) is 0. The monoisotopic (exact) mass is 279 g/mol. The van der Waals surface area contributed by atoms with Crippen LogP contribution < -0.4 is 5.73 Å². The van der Waals surface area contributed by atoms with Gasteiger partial charge in [-0.3, -0.25) is 0 Å². The zero-order chi connectivity index (χ0) is 14.2. The van der Waals surface area contributed by atoms with Gasteiger partial charge in [0, 0.05) is 12.0 Å². The van der Waals surface area contributed by atoms with Gasteiger partial charge in [0.05, 0.1) is 12.7 Å². The summed E-state index contributed by atoms with van der Waals surface area (Å²) in [5.74, 6) is 0.499. The van der Waals surface area contributed by atoms with Crippen LogP contribution in [0.1, 0.15) is 40.7 Å². The Morgan fingerprint density at radius 1 is 1.00 bits per heavy atom. The van der Waals surface area contributed by atoms with Crippen molar-refractivity contribution < 1.29 is 4.74 Å². The van der Waals surface area contributed by atoms with E-state index in [1.165, 1.54) is 22.3 Å². The second-order valence-electron chi connectivity index (χ2n) is 6.22. The zero-order valence-corrected chi connectivity index (χ0v) is 12.2. The molecule has 2 aliphatic rings. The molecule has 4 rings (SSSR count). The number of fused-ring (bicyclic) bond motifs is 2. The molecule has 108 valence electrons. The molecule has 2 aromatic rings. The van der Waals surface area contributed by atoms with Crippen LogP contribution in [0.15, 0.2) is 48.5 Å². The van der Waals surface area contributed by atoms with E-state index in [9.17, 15) is 0 Å². The van der Waals surface area contributed by atoms with Crippen molar-refractivity contribution in [3.8, 4) is 0 Å². The molecule has 1 aliphatic carbocycles. The molecule has 1 heterocycles. The van der Waals surface area contributed by atoms with Crippen LogP contribution in [0, 0.1) is 0 Å². The average molecular weight is 279 g/mol. The number of rotatable bonds is 3. The number of nitrogens with two attached hydrogens (primary N) is 1. The molecular weight excluding hydrogens is 258 g/mol. The quantitative estimate of drug-likeness (QED) is 0.935. The minimum absolute atomic E-state index is 0.165. The lowest BCUT2D eigenvalue weighted by Gasteiger charge is -2.37. The van der Waals surface area contributed by atoms with Gasteiger partial charge in [-0.2, -0.15) is 0 Å². The standard InChI is InChI=1S/C19H21NO/c20-18(17-11-14-6-2-3-7-15(14)17)12-19-16-8-4-1-5-13(16)9-10-21-19/h1-8,17-19H,9-12,20H2. The summed E-state index contributed by atoms with van der Waals surface area (Å²) < 4.78 is 6.00. The van der Waals surface area contributed by atoms with Gasteiger partial charge >= 0.3 is 0 Å². The Morgan fingerprint density at radius 3 is 2.52 bits per heavy atom. The molecule has 3 unspecified atom stereocenters. The first-order chi connectivity index (χ1) is 10.3. The van der Waals surface area contributed by atoms with E-state index in [1.807, 2.05) is 0 Å². The molecule has 0 spiro atoms. The fraction of sp³-hybridized carbons (Fsp3) is 0.368. The summed E-state index contributed by atoms with van der Waals surface area (Å²) in [7, 11) is 0. The Balaban J connectivity index is 1.50. The summed E-state index contributed by atoms with van der Waals surface area (Å²) in [6.45, 7) is 0.815. The van der Waals surface area contributed by atoms with Crippen LogP contribution in [0.4, 0.5) is 0 Å². The molecular formula is C19H21NO. The van der Waals surface area contributed by atoms with Gasteiger partial charge in [-0.15, -0.1) is 0 Å². The molecule has 1 aliphatic heterocycles. The summed E-state index contributed by atoms with van der Waals surface area (Å²) in [6.07, 6.45) is 3.22. The minimum atomic E-state index is 0.165. The number of hydrogen-bond donors (Lipinski definition) is 1. The van der Waals surface area contributed by atoms with Gasteiger partial charge in [-0.1, -0.05) is 48.5 Å². The zero-order valence-electron chi connectivity index (χ0n) is 12.2. The van der Waals surface area contributed by atoms with Crippen molar-refractivity contribution >= 4 is 0 Å². The maximum absolute atomic E-state index is 6.50. The van der Waals surface area contributed by atoms with Gasteiger partial charge in [0.25, 0.3) is 0 Å². The SMILES string of the molecule is NC(CC1OCCc2ccccc21)C1Cc2ccccc21. The van der Waals surface area contributed by atoms with Gasteiger partial charge in [0.2, 0.25) is 0 Å². The van der Waals surface area contributed by atoms with Crippen molar-refractivity contribution in [1.29, 1.82) is 0 Å². The van der Waals surface area contributed by atoms with E-state index in [0.29, 0.717) is 5.92 Å². The predicted octanol–water partition coefficient (Wildman–Crippen LogP) is 3.36. The van der Waals surface area contributed by atoms with E-state index in [0.717, 1.165) is 25.9 Å². The summed E-state index contributed by atoms with van der Waals surface area (Å²) in [5.41, 5.74) is 12.2. The smallest absolute Gasteiger partial charge is 0.0842 e. The molecule has 21 heavy (non-hydrogen) atoms. The predicted molar refractivity (Wildman–Crippen MR) is 84.3 cm³/mol. The van der Waals surface area contributed by atoms with Crippen LogP contribution in [0.2, 0.25) is 0 Å². The third kappa shape index (κ3) is 2.29. The van der Waals surface area contributed by atoms with E-state index < -0.39 is 0 Å². The Hall–Kier alpha value is -1.64. The Bertz CT molecular complexity index is 652. The molecule has 0 saturated heterocycles. The van der Waals surface area contributed by atoms with Crippen molar-refractivity contribution in [3.05, 3.63) is 70.8 Å². The third-order valence-corrected chi connectivity index (χ3v) is 4.99. The molecule has 2 N–H and O–H groups in total. The van der Waals surface area contributed by atoms with Crippen molar-refractivity contribution in [2.45, 2.75) is 37.3 Å². The van der Waals surface area contributed by atoms with Crippen LogP contribution in [-0.2, 0) is 17.6 Å². The van der Waals surface area contributed by atoms with Crippen LogP contribution in [-0.4, -0.2) is 12.6 Å². The highest BCUT2D eigenvalue weighted by atomic mass is 16.5. The van der Waals surface area contributed by atoms with Gasteiger partial charge in [0.15, 0.2) is 0 Å². The fourth-order valence-electron chi connectivity index (χ4n) is 3.76. The summed E-state index contributed by atoms with van der Waals surface area (Å²) in [6, 6.07) is 17.5. The van der Waals surface area contributed by atoms with E-state index in [1.54, 1.807) is 0 Å². The first-order valence-electron chi connectivity index (χ1n) is 7.85. The second kappa shape index (κ2) is 5.28. The lowest BCUT2D eigenvalue weighted by molar-refractivity contribution is 0.0298. The van der Waals surface area contributed by atoms with Gasteiger partial charge in [0.1, 0.15) is 0 Å². The Morgan fingerprint density at radius 2 is 1.71 bits per heavy atom. The molecule has 2 aromatic carbocycles. The number of benzene rings is 2. The number of hydrogen-bond acceptors (Lipinski definition) is 2. The second-order valence-corrected chi connectivity index (χ2v) is 6.22. The Labute approximate surface area is 125 Å². The van der Waals surface area contributed by atoms with E-state index >= 15 is 0 Å². The van der Waals surface area contributed by atoms with Gasteiger partial charge < -0.3 is 10.5 Å². The van der Waals surface area contributed by atoms with Gasteiger partial charge in [-0.05, 0) is 41.5 Å². The molecule has 0 bridgehead atoms. The van der Waals surface area contributed by atoms with Crippen molar-refractivity contribution in [2.24, 2.45) is 5.73 Å². The molecule has 3 atom stereocenters. The van der Waals surface area contributed by atoms with E-state index in [2.05, 4.69) is 48.5 Å². The highest BCUT2D eigenvalue weighted by Crippen LogP contribution is 2.40. The molecule has 2 nitrogen and oxygen atoms in total. The van der Waals surface area contributed by atoms with E-state index in [-0.39, 0.29) is 12.1 Å². The largest absolute Gasteiger partial charge is 0.373 e. The van der Waals surface area contributed by atoms with Gasteiger partial charge in [-0.25, -0.2) is 0 Å². The summed E-state index contributed by atoms with van der Waals surface area (Å²) >= 11 is 0. The van der Waals surface area contributed by atoms with Crippen LogP contribution in [0.3, 0.4) is 0 Å². The summed E-state index contributed by atoms with van der Waals surface area (Å²) in [4.78, 5) is 0. The van der Waals surface area contributed by atoms with E-state index in [4.69, 9.17) is 10.5 Å². The molecule has 0 radical (unpaired) electrons. The van der Waals surface area contributed by atoms with Crippen molar-refractivity contribution in [2.75, 3.05) is 6.61 Å². The fourth-order valence-corrected chi connectivity index (χ4v) is 3.76. The molecule has 0 amide bonds. The molecule has 0 fully saturated rings.